The van der Waals surface area contributed by atoms with Crippen molar-refractivity contribution in [1.82, 2.24) is 10.3 Å². The van der Waals surface area contributed by atoms with Gasteiger partial charge < -0.3 is 19.5 Å². The summed E-state index contributed by atoms with van der Waals surface area (Å²) in [6.07, 6.45) is 3.04. The van der Waals surface area contributed by atoms with E-state index in [1.54, 1.807) is 30.3 Å². The quantitative estimate of drug-likeness (QED) is 0.244. The Morgan fingerprint density at radius 1 is 0.974 bits per heavy atom. The Labute approximate surface area is 224 Å². The van der Waals surface area contributed by atoms with Crippen molar-refractivity contribution in [3.05, 3.63) is 124 Å². The number of aromatic amines is 1. The number of carbonyl (C=O) groups excluding carboxylic acids is 1. The number of benzene rings is 3. The fourth-order valence-electron chi connectivity index (χ4n) is 4.24. The molecule has 5 rings (SSSR count). The number of H-pyrrole nitrogens is 1. The van der Waals surface area contributed by atoms with Crippen LogP contribution in [-0.4, -0.2) is 25.9 Å². The molecule has 5 aromatic rings. The van der Waals surface area contributed by atoms with Crippen molar-refractivity contribution < 1.29 is 22.4 Å². The van der Waals surface area contributed by atoms with Gasteiger partial charge in [0.15, 0.2) is 0 Å². The van der Waals surface area contributed by atoms with Crippen LogP contribution in [0.3, 0.4) is 0 Å². The van der Waals surface area contributed by atoms with Crippen LogP contribution in [0.2, 0.25) is 0 Å². The van der Waals surface area contributed by atoms with Crippen molar-refractivity contribution in [2.24, 2.45) is 0 Å². The topological polar surface area (TPSA) is 130 Å². The van der Waals surface area contributed by atoms with Crippen LogP contribution in [0, 0.1) is 0 Å². The van der Waals surface area contributed by atoms with Gasteiger partial charge in [-0.25, -0.2) is 8.42 Å². The molecule has 2 aromatic heterocycles. The fourth-order valence-corrected chi connectivity index (χ4v) is 5.32. The average molecular weight is 544 g/mol. The number of pyridine rings is 1. The second-order valence-corrected chi connectivity index (χ2v) is 10.4. The first-order valence-electron chi connectivity index (χ1n) is 12.1. The lowest BCUT2D eigenvalue weighted by atomic mass is 10.00. The molecule has 1 unspecified atom stereocenters. The molecule has 3 N–H and O–H groups in total. The number of carbonyl (C=O) groups is 1. The van der Waals surface area contributed by atoms with Crippen LogP contribution in [0.5, 0.6) is 5.75 Å². The predicted molar refractivity (Wildman–Crippen MR) is 147 cm³/mol. The lowest BCUT2D eigenvalue weighted by molar-refractivity contribution is 0.0944. The van der Waals surface area contributed by atoms with Gasteiger partial charge >= 0.3 is 0 Å². The highest BCUT2D eigenvalue weighted by Crippen LogP contribution is 2.26. The molecule has 0 fully saturated rings. The molecule has 0 aliphatic carbocycles. The number of rotatable bonds is 9. The summed E-state index contributed by atoms with van der Waals surface area (Å²) in [4.78, 5) is 28.5. The fraction of sp³-hybridized carbons (Fsp3) is 0.103. The van der Waals surface area contributed by atoms with Crippen LogP contribution in [-0.2, 0) is 10.0 Å². The molecule has 0 saturated carbocycles. The van der Waals surface area contributed by atoms with Crippen LogP contribution in [0.4, 0.5) is 5.69 Å². The molecule has 1 atom stereocenters. The maximum absolute atomic E-state index is 13.6. The summed E-state index contributed by atoms with van der Waals surface area (Å²) in [6, 6.07) is 22.4. The minimum Gasteiger partial charge on any atom is -0.494 e. The molecule has 0 saturated heterocycles. The molecule has 0 aliphatic heterocycles. The van der Waals surface area contributed by atoms with Gasteiger partial charge in [0.2, 0.25) is 5.56 Å². The summed E-state index contributed by atoms with van der Waals surface area (Å²) in [6.45, 7) is 2.35. The first-order chi connectivity index (χ1) is 18.8. The second kappa shape index (κ2) is 10.9. The number of sulfonamides is 1. The largest absolute Gasteiger partial charge is 0.494 e. The predicted octanol–water partition coefficient (Wildman–Crippen LogP) is 4.84. The zero-order valence-electron chi connectivity index (χ0n) is 20.9. The summed E-state index contributed by atoms with van der Waals surface area (Å²) < 4.78 is 39.6. The summed E-state index contributed by atoms with van der Waals surface area (Å²) in [5.74, 6) is 0.0742. The number of fused-ring (bicyclic) bond motifs is 1. The number of hydrogen-bond acceptors (Lipinski definition) is 6. The molecular weight excluding hydrogens is 518 g/mol. The third-order valence-corrected chi connectivity index (χ3v) is 7.45. The smallest absolute Gasteiger partial charge is 0.261 e. The maximum atomic E-state index is 13.6. The third kappa shape index (κ3) is 5.70. The molecular formula is C29H25N3O6S. The minimum atomic E-state index is -4.01. The van der Waals surface area contributed by atoms with Crippen LogP contribution >= 0.6 is 0 Å². The zero-order valence-corrected chi connectivity index (χ0v) is 21.7. The van der Waals surface area contributed by atoms with Crippen LogP contribution in [0.1, 0.15) is 34.5 Å². The SMILES string of the molecule is CCOc1ccc(NS(=O)(=O)c2ccc3[nH]c(=O)cc(C(=O)NC(c4ccccc4)c4ccoc4)c3c2)cc1. The molecule has 2 heterocycles. The summed E-state index contributed by atoms with van der Waals surface area (Å²) >= 11 is 0. The van der Waals surface area contributed by atoms with E-state index >= 15 is 0 Å². The number of furan rings is 1. The van der Waals surface area contributed by atoms with Crippen molar-refractivity contribution in [2.45, 2.75) is 17.9 Å². The monoisotopic (exact) mass is 543 g/mol. The Balaban J connectivity index is 1.49. The van der Waals surface area contributed by atoms with E-state index in [2.05, 4.69) is 15.0 Å². The number of nitrogens with one attached hydrogen (secondary N) is 3. The zero-order chi connectivity index (χ0) is 27.4. The van der Waals surface area contributed by atoms with Gasteiger partial charge in [0.1, 0.15) is 5.75 Å². The van der Waals surface area contributed by atoms with Crippen molar-refractivity contribution >= 4 is 32.5 Å². The molecule has 1 amide bonds. The van der Waals surface area contributed by atoms with Crippen molar-refractivity contribution in [3.8, 4) is 5.75 Å². The van der Waals surface area contributed by atoms with Crippen LogP contribution in [0.15, 0.2) is 112 Å². The number of hydrogen-bond donors (Lipinski definition) is 3. The van der Waals surface area contributed by atoms with E-state index in [9.17, 15) is 18.0 Å². The molecule has 10 heteroatoms. The summed E-state index contributed by atoms with van der Waals surface area (Å²) in [5.41, 5.74) is 1.75. The highest BCUT2D eigenvalue weighted by atomic mass is 32.2. The lowest BCUT2D eigenvalue weighted by Gasteiger charge is -2.19. The van der Waals surface area contributed by atoms with E-state index in [-0.39, 0.29) is 15.8 Å². The summed E-state index contributed by atoms with van der Waals surface area (Å²) in [7, 11) is -4.01. The molecule has 198 valence electrons. The van der Waals surface area contributed by atoms with E-state index in [0.717, 1.165) is 11.6 Å². The number of anilines is 1. The van der Waals surface area contributed by atoms with Gasteiger partial charge in [0, 0.05) is 28.2 Å². The van der Waals surface area contributed by atoms with Crippen molar-refractivity contribution in [3.63, 3.8) is 0 Å². The third-order valence-electron chi connectivity index (χ3n) is 6.07. The summed E-state index contributed by atoms with van der Waals surface area (Å²) in [5, 5.41) is 3.23. The van der Waals surface area contributed by atoms with Gasteiger partial charge in [-0.2, -0.15) is 0 Å². The molecule has 0 spiro atoms. The molecule has 39 heavy (non-hydrogen) atoms. The van der Waals surface area contributed by atoms with E-state index < -0.39 is 27.5 Å². The molecule has 0 radical (unpaired) electrons. The Hall–Kier alpha value is -4.83. The van der Waals surface area contributed by atoms with Crippen LogP contribution in [0.25, 0.3) is 10.9 Å². The second-order valence-electron chi connectivity index (χ2n) is 8.69. The number of amides is 1. The van der Waals surface area contributed by atoms with Crippen LogP contribution < -0.4 is 20.3 Å². The first kappa shape index (κ1) is 25.8. The molecule has 0 bridgehead atoms. The van der Waals surface area contributed by atoms with E-state index in [1.165, 1.54) is 30.7 Å². The van der Waals surface area contributed by atoms with Gasteiger partial charge in [-0.3, -0.25) is 14.3 Å². The normalized spacial score (nSPS) is 12.1. The average Bonchev–Trinajstić information content (AvgIpc) is 3.47. The Morgan fingerprint density at radius 2 is 1.74 bits per heavy atom. The Bertz CT molecular complexity index is 1760. The standard InChI is InChI=1S/C29H25N3O6S/c1-2-38-22-10-8-21(9-11-22)32-39(35,36)23-12-13-26-24(16-23)25(17-27(33)30-26)29(34)31-28(20-14-15-37-18-20)19-6-4-3-5-7-19/h3-18,28,32H,2H2,1H3,(H,30,33)(H,31,34). The lowest BCUT2D eigenvalue weighted by Crippen LogP contribution is -2.30. The number of aromatic nitrogens is 1. The van der Waals surface area contributed by atoms with Crippen molar-refractivity contribution in [1.29, 1.82) is 0 Å². The molecule has 3 aromatic carbocycles. The highest BCUT2D eigenvalue weighted by Gasteiger charge is 2.22. The van der Waals surface area contributed by atoms with E-state index in [1.807, 2.05) is 37.3 Å². The van der Waals surface area contributed by atoms with Gasteiger partial charge in [-0.15, -0.1) is 0 Å². The van der Waals surface area contributed by atoms with Gasteiger partial charge in [-0.05, 0) is 61.0 Å². The minimum absolute atomic E-state index is 0.0382. The van der Waals surface area contributed by atoms with Crippen molar-refractivity contribution in [2.75, 3.05) is 11.3 Å². The highest BCUT2D eigenvalue weighted by molar-refractivity contribution is 7.92. The Kier molecular flexibility index (Phi) is 7.20. The van der Waals surface area contributed by atoms with Gasteiger partial charge in [-0.1, -0.05) is 30.3 Å². The molecule has 9 nitrogen and oxygen atoms in total. The van der Waals surface area contributed by atoms with Gasteiger partial charge in [0.05, 0.1) is 35.6 Å². The van der Waals surface area contributed by atoms with E-state index in [4.69, 9.17) is 9.15 Å². The first-order valence-corrected chi connectivity index (χ1v) is 13.6. The maximum Gasteiger partial charge on any atom is 0.261 e. The number of ether oxygens (including phenoxy) is 1. The van der Waals surface area contributed by atoms with Gasteiger partial charge in [0.25, 0.3) is 15.9 Å². The Morgan fingerprint density at radius 3 is 2.44 bits per heavy atom. The molecule has 0 aliphatic rings. The van der Waals surface area contributed by atoms with E-state index in [0.29, 0.717) is 29.1 Å².